The molecule has 0 unspecified atom stereocenters. The van der Waals surface area contributed by atoms with Crippen LogP contribution in [0.5, 0.6) is 0 Å². The van der Waals surface area contributed by atoms with Crippen LogP contribution in [0.15, 0.2) is 54.7 Å². The van der Waals surface area contributed by atoms with Crippen LogP contribution in [0.4, 0.5) is 35.4 Å². The summed E-state index contributed by atoms with van der Waals surface area (Å²) < 4.78 is 45.9. The number of nitrogens with one attached hydrogen (secondary N) is 2. The van der Waals surface area contributed by atoms with Crippen molar-refractivity contribution in [2.24, 2.45) is 0 Å². The van der Waals surface area contributed by atoms with Gasteiger partial charge in [-0.05, 0) is 49.4 Å². The molecule has 1 aromatic heterocycles. The minimum absolute atomic E-state index is 0.0177. The Kier molecular flexibility index (Phi) is 7.61. The Morgan fingerprint density at radius 2 is 1.81 bits per heavy atom. The number of hydrogen-bond donors (Lipinski definition) is 2. The van der Waals surface area contributed by atoms with Crippen molar-refractivity contribution < 1.29 is 22.7 Å². The summed E-state index contributed by atoms with van der Waals surface area (Å²) in [4.78, 5) is 22.7. The molecule has 0 aliphatic carbocycles. The number of rotatable bonds is 8. The fraction of sp³-hybridized carbons (Fsp3) is 0.227. The van der Waals surface area contributed by atoms with Crippen molar-refractivity contribution >= 4 is 23.5 Å². The van der Waals surface area contributed by atoms with Crippen molar-refractivity contribution in [3.8, 4) is 0 Å². The number of halogens is 3. The third kappa shape index (κ3) is 5.94. The van der Waals surface area contributed by atoms with Gasteiger partial charge in [-0.1, -0.05) is 0 Å². The summed E-state index contributed by atoms with van der Waals surface area (Å²) in [6, 6.07) is 8.91. The van der Waals surface area contributed by atoms with Gasteiger partial charge in [-0.15, -0.1) is 0 Å². The normalized spacial score (nSPS) is 11.7. The number of anilines is 3. The molecule has 0 aliphatic rings. The third-order valence-electron chi connectivity index (χ3n) is 4.39. The Morgan fingerprint density at radius 3 is 2.53 bits per heavy atom. The molecule has 2 N–H and O–H groups in total. The number of carbonyl (C=O) groups excluding carboxylic acids is 1. The van der Waals surface area contributed by atoms with Crippen molar-refractivity contribution in [3.63, 3.8) is 0 Å². The Morgan fingerprint density at radius 1 is 1.09 bits per heavy atom. The molecule has 0 fully saturated rings. The van der Waals surface area contributed by atoms with Crippen molar-refractivity contribution in [2.45, 2.75) is 19.5 Å². The second-order valence-electron chi connectivity index (χ2n) is 6.95. The molecule has 3 rings (SSSR count). The van der Waals surface area contributed by atoms with E-state index in [1.807, 2.05) is 6.92 Å². The zero-order valence-electron chi connectivity index (χ0n) is 17.5. The molecular formula is C22H22F3N5O2. The van der Waals surface area contributed by atoms with Gasteiger partial charge in [0.15, 0.2) is 0 Å². The maximum Gasteiger partial charge on any atom is 0.327 e. The molecule has 0 saturated heterocycles. The number of carbonyl (C=O) groups is 1. The van der Waals surface area contributed by atoms with Crippen molar-refractivity contribution in [3.05, 3.63) is 77.7 Å². The first-order valence-electron chi connectivity index (χ1n) is 9.73. The lowest BCUT2D eigenvalue weighted by atomic mass is 10.2. The highest BCUT2D eigenvalue weighted by molar-refractivity contribution is 5.98. The first-order valence-corrected chi connectivity index (χ1v) is 9.73. The molecule has 2 aromatic carbocycles. The number of amides is 2. The van der Waals surface area contributed by atoms with Gasteiger partial charge in [0, 0.05) is 37.5 Å². The number of benzene rings is 2. The van der Waals surface area contributed by atoms with E-state index in [9.17, 15) is 18.0 Å². The summed E-state index contributed by atoms with van der Waals surface area (Å²) in [6.45, 7) is 2.02. The Hall–Kier alpha value is -3.66. The zero-order valence-corrected chi connectivity index (χ0v) is 17.5. The van der Waals surface area contributed by atoms with E-state index in [0.29, 0.717) is 12.3 Å². The van der Waals surface area contributed by atoms with Gasteiger partial charge < -0.3 is 15.4 Å². The summed E-state index contributed by atoms with van der Waals surface area (Å²) in [5, 5.41) is 5.60. The number of aromatic nitrogens is 2. The first kappa shape index (κ1) is 23.0. The zero-order chi connectivity index (χ0) is 23.1. The van der Waals surface area contributed by atoms with E-state index in [1.54, 1.807) is 7.11 Å². The summed E-state index contributed by atoms with van der Waals surface area (Å²) in [5.74, 6) is -1.31. The van der Waals surface area contributed by atoms with Crippen molar-refractivity contribution in [2.75, 3.05) is 23.9 Å². The van der Waals surface area contributed by atoms with Gasteiger partial charge in [0.1, 0.15) is 23.3 Å². The summed E-state index contributed by atoms with van der Waals surface area (Å²) in [5.41, 5.74) is 0.300. The van der Waals surface area contributed by atoms with Crippen molar-refractivity contribution in [1.29, 1.82) is 0 Å². The molecule has 7 nitrogen and oxygen atoms in total. The highest BCUT2D eigenvalue weighted by Gasteiger charge is 2.21. The largest absolute Gasteiger partial charge is 0.383 e. The molecule has 10 heteroatoms. The topological polar surface area (TPSA) is 79.4 Å². The maximum absolute atomic E-state index is 13.9. The van der Waals surface area contributed by atoms with E-state index in [1.165, 1.54) is 41.4 Å². The summed E-state index contributed by atoms with van der Waals surface area (Å²) in [6.07, 6.45) is 1.46. The number of hydrogen-bond acceptors (Lipinski definition) is 5. The predicted molar refractivity (Wildman–Crippen MR) is 114 cm³/mol. The molecular weight excluding hydrogens is 423 g/mol. The second kappa shape index (κ2) is 10.6. The average molecular weight is 445 g/mol. The smallest absolute Gasteiger partial charge is 0.327 e. The molecule has 0 radical (unpaired) electrons. The Bertz CT molecular complexity index is 1070. The minimum Gasteiger partial charge on any atom is -0.383 e. The lowest BCUT2D eigenvalue weighted by molar-refractivity contribution is 0.190. The fourth-order valence-electron chi connectivity index (χ4n) is 2.93. The van der Waals surface area contributed by atoms with Crippen LogP contribution in [0.25, 0.3) is 0 Å². The average Bonchev–Trinajstić information content (AvgIpc) is 2.76. The van der Waals surface area contributed by atoms with E-state index < -0.39 is 23.5 Å². The highest BCUT2D eigenvalue weighted by Crippen LogP contribution is 2.25. The minimum atomic E-state index is -0.671. The van der Waals surface area contributed by atoms with E-state index in [0.717, 1.165) is 18.2 Å². The standard InChI is InChI=1S/C22H22F3N5O2/c1-14(13-32-2)28-21-26-10-9-20(29-21)30(18-6-3-16(23)4-7-18)22(31)27-12-15-11-17(24)5-8-19(15)25/h3-11,14H,12-13H2,1-2H3,(H,27,31)(H,26,28,29)/t14-/m0/s1. The van der Waals surface area contributed by atoms with Crippen LogP contribution in [0, 0.1) is 17.5 Å². The molecule has 0 aliphatic heterocycles. The second-order valence-corrected chi connectivity index (χ2v) is 6.95. The van der Waals surface area contributed by atoms with Crippen LogP contribution in [-0.2, 0) is 11.3 Å². The number of nitrogens with zero attached hydrogens (tertiary/aromatic N) is 3. The SMILES string of the molecule is COC[C@H](C)Nc1nccc(N(C(=O)NCc2cc(F)ccc2F)c2ccc(F)cc2)n1. The molecule has 32 heavy (non-hydrogen) atoms. The van der Waals surface area contributed by atoms with Crippen LogP contribution >= 0.6 is 0 Å². The molecule has 2 amide bonds. The monoisotopic (exact) mass is 445 g/mol. The van der Waals surface area contributed by atoms with Crippen LogP contribution in [0.1, 0.15) is 12.5 Å². The van der Waals surface area contributed by atoms with Gasteiger partial charge in [0.25, 0.3) is 0 Å². The van der Waals surface area contributed by atoms with Gasteiger partial charge >= 0.3 is 6.03 Å². The molecule has 168 valence electrons. The highest BCUT2D eigenvalue weighted by atomic mass is 19.1. The maximum atomic E-state index is 13.9. The number of ether oxygens (including phenoxy) is 1. The van der Waals surface area contributed by atoms with Crippen LogP contribution < -0.4 is 15.5 Å². The summed E-state index contributed by atoms with van der Waals surface area (Å²) >= 11 is 0. The van der Waals surface area contributed by atoms with Crippen LogP contribution in [-0.4, -0.2) is 35.8 Å². The lowest BCUT2D eigenvalue weighted by Gasteiger charge is -2.23. The van der Waals surface area contributed by atoms with Crippen LogP contribution in [0.2, 0.25) is 0 Å². The summed E-state index contributed by atoms with van der Waals surface area (Å²) in [7, 11) is 1.57. The fourth-order valence-corrected chi connectivity index (χ4v) is 2.93. The molecule has 0 bridgehead atoms. The van der Waals surface area contributed by atoms with Crippen LogP contribution in [0.3, 0.4) is 0 Å². The Labute approximate surface area is 183 Å². The molecule has 1 atom stereocenters. The van der Waals surface area contributed by atoms with E-state index in [4.69, 9.17) is 4.74 Å². The first-order chi connectivity index (χ1) is 15.4. The Balaban J connectivity index is 1.88. The van der Waals surface area contributed by atoms with Gasteiger partial charge in [0.2, 0.25) is 5.95 Å². The van der Waals surface area contributed by atoms with E-state index in [-0.39, 0.29) is 29.9 Å². The van der Waals surface area contributed by atoms with Crippen molar-refractivity contribution in [1.82, 2.24) is 15.3 Å². The lowest BCUT2D eigenvalue weighted by Crippen LogP contribution is -2.37. The van der Waals surface area contributed by atoms with Gasteiger partial charge in [-0.2, -0.15) is 4.98 Å². The van der Waals surface area contributed by atoms with Gasteiger partial charge in [-0.25, -0.2) is 27.8 Å². The van der Waals surface area contributed by atoms with E-state index in [2.05, 4.69) is 20.6 Å². The predicted octanol–water partition coefficient (Wildman–Crippen LogP) is 4.39. The van der Waals surface area contributed by atoms with Gasteiger partial charge in [0.05, 0.1) is 12.3 Å². The molecule has 3 aromatic rings. The molecule has 0 saturated carbocycles. The van der Waals surface area contributed by atoms with E-state index >= 15 is 0 Å². The molecule has 0 spiro atoms. The number of urea groups is 1. The molecule has 1 heterocycles. The third-order valence-corrected chi connectivity index (χ3v) is 4.39. The van der Waals surface area contributed by atoms with Gasteiger partial charge in [-0.3, -0.25) is 0 Å². The quantitative estimate of drug-likeness (QED) is 0.538. The number of methoxy groups -OCH3 is 1.